The van der Waals surface area contributed by atoms with Crippen LogP contribution < -0.4 is 0 Å². The van der Waals surface area contributed by atoms with Gasteiger partial charge in [-0.05, 0) is 63.2 Å². The third-order valence-corrected chi connectivity index (χ3v) is 7.68. The molecule has 5 atom stereocenters. The number of Topliss-reactive ketones (excluding diaryl/α,β-unsaturated/α-hetero) is 1. The summed E-state index contributed by atoms with van der Waals surface area (Å²) in [4.78, 5) is 30.3. The topological polar surface area (TPSA) is 76.5 Å². The number of aromatic nitrogens is 1. The summed E-state index contributed by atoms with van der Waals surface area (Å²) in [5.41, 5.74) is 1.09. The Kier molecular flexibility index (Phi) is 10.2. The van der Waals surface area contributed by atoms with Gasteiger partial charge in [-0.3, -0.25) is 9.59 Å². The van der Waals surface area contributed by atoms with Crippen LogP contribution in [-0.2, 0) is 14.3 Å². The summed E-state index contributed by atoms with van der Waals surface area (Å²) in [6.07, 6.45) is 2.53. The molecule has 34 heavy (non-hydrogen) atoms. The molecule has 0 bridgehead atoms. The van der Waals surface area contributed by atoms with Crippen LogP contribution in [0.5, 0.6) is 0 Å². The zero-order valence-corrected chi connectivity index (χ0v) is 22.4. The number of nitrogens with zero attached hydrogens (tertiary/aromatic N) is 1. The molecule has 0 aromatic carbocycles. The quantitative estimate of drug-likeness (QED) is 0.390. The van der Waals surface area contributed by atoms with Crippen LogP contribution in [0, 0.1) is 24.2 Å². The highest BCUT2D eigenvalue weighted by molar-refractivity contribution is 7.09. The molecule has 190 valence electrons. The number of esters is 1. The van der Waals surface area contributed by atoms with Crippen LogP contribution in [0.15, 0.2) is 22.6 Å². The Hall–Kier alpha value is -1.86. The van der Waals surface area contributed by atoms with E-state index in [9.17, 15) is 19.1 Å². The maximum Gasteiger partial charge on any atom is 0.309 e. The van der Waals surface area contributed by atoms with Gasteiger partial charge in [0.15, 0.2) is 0 Å². The van der Waals surface area contributed by atoms with Gasteiger partial charge in [-0.25, -0.2) is 9.37 Å². The Morgan fingerprint density at radius 2 is 1.94 bits per heavy atom. The van der Waals surface area contributed by atoms with E-state index in [1.807, 2.05) is 39.2 Å². The summed E-state index contributed by atoms with van der Waals surface area (Å²) < 4.78 is 20.6. The molecule has 0 saturated carbocycles. The van der Waals surface area contributed by atoms with E-state index < -0.39 is 29.8 Å². The molecular weight excluding hydrogens is 453 g/mol. The number of alkyl halides is 1. The van der Waals surface area contributed by atoms with Crippen molar-refractivity contribution < 1.29 is 23.8 Å². The third-order valence-electron chi connectivity index (χ3n) is 6.89. The molecule has 0 spiro atoms. The van der Waals surface area contributed by atoms with Crippen LogP contribution in [-0.4, -0.2) is 40.2 Å². The first-order valence-electron chi connectivity index (χ1n) is 12.1. The monoisotopic (exact) mass is 493 g/mol. The largest absolute Gasteiger partial charge is 0.457 e. The maximum atomic E-state index is 14.9. The molecule has 0 amide bonds. The van der Waals surface area contributed by atoms with Gasteiger partial charge < -0.3 is 9.84 Å². The maximum absolute atomic E-state index is 14.9. The number of carbonyl (C=O) groups excluding carboxylic acids is 2. The number of hydrogen-bond donors (Lipinski definition) is 1. The van der Waals surface area contributed by atoms with Crippen LogP contribution >= 0.6 is 11.3 Å². The highest BCUT2D eigenvalue weighted by atomic mass is 32.1. The summed E-state index contributed by atoms with van der Waals surface area (Å²) >= 11 is 1.53. The number of ketones is 1. The zero-order chi connectivity index (χ0) is 25.6. The second-order valence-electron chi connectivity index (χ2n) is 10.4. The van der Waals surface area contributed by atoms with Crippen molar-refractivity contribution in [1.29, 1.82) is 0 Å². The van der Waals surface area contributed by atoms with Crippen LogP contribution in [0.3, 0.4) is 0 Å². The number of cyclic esters (lactones) is 1. The van der Waals surface area contributed by atoms with Crippen molar-refractivity contribution in [3.05, 3.63) is 33.3 Å². The molecule has 0 aliphatic carbocycles. The number of thiazole rings is 1. The molecule has 2 rings (SSSR count). The van der Waals surface area contributed by atoms with E-state index in [2.05, 4.69) is 4.98 Å². The summed E-state index contributed by atoms with van der Waals surface area (Å²) in [6.45, 7) is 12.8. The Morgan fingerprint density at radius 3 is 2.56 bits per heavy atom. The van der Waals surface area contributed by atoms with Crippen molar-refractivity contribution in [3.8, 4) is 0 Å². The Bertz CT molecular complexity index is 919. The number of carbonyl (C=O) groups is 2. The van der Waals surface area contributed by atoms with Gasteiger partial charge in [0, 0.05) is 17.7 Å². The molecule has 5 nitrogen and oxygen atoms in total. The number of halogens is 1. The van der Waals surface area contributed by atoms with E-state index in [0.29, 0.717) is 31.3 Å². The van der Waals surface area contributed by atoms with Crippen LogP contribution in [0.2, 0.25) is 0 Å². The number of aliphatic hydroxyl groups excluding tert-OH is 1. The highest BCUT2D eigenvalue weighted by Crippen LogP contribution is 2.32. The fourth-order valence-electron chi connectivity index (χ4n) is 4.43. The van der Waals surface area contributed by atoms with E-state index in [-0.39, 0.29) is 24.0 Å². The Labute approximate surface area is 207 Å². The van der Waals surface area contributed by atoms with Crippen molar-refractivity contribution >= 4 is 29.2 Å². The van der Waals surface area contributed by atoms with E-state index in [1.54, 1.807) is 26.8 Å². The summed E-state index contributed by atoms with van der Waals surface area (Å²) in [6, 6.07) is 0. The van der Waals surface area contributed by atoms with Crippen molar-refractivity contribution in [3.63, 3.8) is 0 Å². The fraction of sp³-hybridized carbons (Fsp3) is 0.667. The summed E-state index contributed by atoms with van der Waals surface area (Å²) in [5, 5.41) is 13.7. The number of aliphatic hydroxyl groups is 1. The number of ether oxygens (including phenoxy) is 1. The van der Waals surface area contributed by atoms with Gasteiger partial charge in [0.1, 0.15) is 18.1 Å². The number of allylic oxidation sites excluding steroid dienone is 1. The summed E-state index contributed by atoms with van der Waals surface area (Å²) in [7, 11) is 0. The standard InChI is InChI=1S/C27H40FNO4S/c1-16-8-10-22(28)17(2)9-11-23(18(3)13-21-15-34-20(5)29-21)33-25(31)14-24(30)27(6,7)26(32)19(4)12-16/h9,13,15-16,19,22-24,30H,8,10-12,14H2,1-7H3/b17-9-,18-13+/t16-,19+,22+,23-,24-/m0/s1. The van der Waals surface area contributed by atoms with Gasteiger partial charge >= 0.3 is 5.97 Å². The molecule has 2 heterocycles. The fourth-order valence-corrected chi connectivity index (χ4v) is 5.00. The molecule has 0 radical (unpaired) electrons. The first-order valence-corrected chi connectivity index (χ1v) is 13.0. The number of aryl methyl sites for hydroxylation is 1. The first kappa shape index (κ1) is 28.4. The average molecular weight is 494 g/mol. The zero-order valence-electron chi connectivity index (χ0n) is 21.6. The molecule has 1 aliphatic rings. The SMILES string of the molecule is C/C1=C/C[C@@H](/C(C)=C/c2csc(C)n2)OC(=O)C[C@H](O)C(C)(C)C(=O)[C@H](C)C[C@@H](C)CC[C@H]1F. The van der Waals surface area contributed by atoms with Crippen LogP contribution in [0.1, 0.15) is 84.3 Å². The van der Waals surface area contributed by atoms with Crippen LogP contribution in [0.4, 0.5) is 4.39 Å². The molecular formula is C27H40FNO4S. The highest BCUT2D eigenvalue weighted by Gasteiger charge is 2.40. The predicted octanol–water partition coefficient (Wildman–Crippen LogP) is 6.24. The van der Waals surface area contributed by atoms with Crippen molar-refractivity contribution in [2.45, 2.75) is 98.9 Å². The average Bonchev–Trinajstić information content (AvgIpc) is 3.17. The lowest BCUT2D eigenvalue weighted by atomic mass is 9.74. The van der Waals surface area contributed by atoms with Crippen LogP contribution in [0.25, 0.3) is 6.08 Å². The second kappa shape index (κ2) is 12.2. The third kappa shape index (κ3) is 7.84. The minimum absolute atomic E-state index is 0.0915. The lowest BCUT2D eigenvalue weighted by molar-refractivity contribution is -0.153. The number of rotatable bonds is 2. The van der Waals surface area contributed by atoms with Gasteiger partial charge in [0.25, 0.3) is 0 Å². The van der Waals surface area contributed by atoms with Crippen molar-refractivity contribution in [1.82, 2.24) is 4.98 Å². The smallest absolute Gasteiger partial charge is 0.309 e. The lowest BCUT2D eigenvalue weighted by Gasteiger charge is -2.32. The minimum Gasteiger partial charge on any atom is -0.457 e. The summed E-state index contributed by atoms with van der Waals surface area (Å²) in [5.74, 6) is -0.796. The Balaban J connectivity index is 2.35. The van der Waals surface area contributed by atoms with Crippen molar-refractivity contribution in [2.24, 2.45) is 17.3 Å². The molecule has 0 saturated heterocycles. The van der Waals surface area contributed by atoms with E-state index >= 15 is 0 Å². The van der Waals surface area contributed by atoms with Gasteiger partial charge in [0.2, 0.25) is 0 Å². The van der Waals surface area contributed by atoms with E-state index in [0.717, 1.165) is 16.3 Å². The van der Waals surface area contributed by atoms with E-state index in [1.165, 1.54) is 11.3 Å². The van der Waals surface area contributed by atoms with E-state index in [4.69, 9.17) is 4.74 Å². The second-order valence-corrected chi connectivity index (χ2v) is 11.5. The number of hydrogen-bond acceptors (Lipinski definition) is 6. The van der Waals surface area contributed by atoms with Gasteiger partial charge in [-0.1, -0.05) is 33.8 Å². The normalized spacial score (nSPS) is 32.1. The Morgan fingerprint density at radius 1 is 1.26 bits per heavy atom. The predicted molar refractivity (Wildman–Crippen MR) is 135 cm³/mol. The van der Waals surface area contributed by atoms with Crippen molar-refractivity contribution in [2.75, 3.05) is 0 Å². The molecule has 0 fully saturated rings. The molecule has 1 aromatic rings. The minimum atomic E-state index is -1.16. The van der Waals surface area contributed by atoms with Gasteiger partial charge in [-0.15, -0.1) is 11.3 Å². The van der Waals surface area contributed by atoms with Gasteiger partial charge in [0.05, 0.1) is 28.6 Å². The molecule has 0 unspecified atom stereocenters. The molecule has 1 N–H and O–H groups in total. The first-order chi connectivity index (χ1) is 15.8. The molecule has 1 aromatic heterocycles. The molecule has 7 heteroatoms. The molecule has 1 aliphatic heterocycles. The lowest BCUT2D eigenvalue weighted by Crippen LogP contribution is -2.42. The van der Waals surface area contributed by atoms with Gasteiger partial charge in [-0.2, -0.15) is 0 Å².